The molecule has 0 aromatic heterocycles. The lowest BCUT2D eigenvalue weighted by atomic mass is 10.1. The number of nitro benzene ring substituents is 2. The smallest absolute Gasteiger partial charge is 0.270 e. The van der Waals surface area contributed by atoms with Crippen LogP contribution in [0.15, 0.2) is 46.3 Å². The quantitative estimate of drug-likeness (QED) is 0.454. The normalized spacial score (nSPS) is 16.4. The van der Waals surface area contributed by atoms with E-state index in [1.54, 1.807) is 6.92 Å². The highest BCUT2D eigenvalue weighted by atomic mass is 32.2. The number of carbonyl (C=O) groups is 1. The Morgan fingerprint density at radius 2 is 1.75 bits per heavy atom. The number of rotatable bonds is 4. The Morgan fingerprint density at radius 3 is 2.39 bits per heavy atom. The van der Waals surface area contributed by atoms with Gasteiger partial charge in [0.2, 0.25) is 0 Å². The van der Waals surface area contributed by atoms with Crippen LogP contribution in [0.4, 0.5) is 17.1 Å². The number of nitrogens with one attached hydrogen (secondary N) is 1. The number of phenols is 1. The lowest BCUT2D eigenvalue weighted by Crippen LogP contribution is -2.19. The summed E-state index contributed by atoms with van der Waals surface area (Å²) in [5, 5.41) is 34.4. The summed E-state index contributed by atoms with van der Waals surface area (Å²) in [6.45, 7) is 1.66. The maximum Gasteiger partial charge on any atom is 0.270 e. The van der Waals surface area contributed by atoms with Gasteiger partial charge in [0.1, 0.15) is 5.75 Å². The van der Waals surface area contributed by atoms with E-state index in [0.29, 0.717) is 11.3 Å². The Balaban J connectivity index is 1.89. The van der Waals surface area contributed by atoms with E-state index in [1.165, 1.54) is 30.3 Å². The molecule has 10 nitrogen and oxygen atoms in total. The number of hydrogen-bond acceptors (Lipinski definition) is 8. The van der Waals surface area contributed by atoms with Gasteiger partial charge in [0, 0.05) is 29.8 Å². The number of aliphatic imine (C=N–C) groups is 1. The number of thioether (sulfide) groups is 1. The topological polar surface area (TPSA) is 148 Å². The van der Waals surface area contributed by atoms with Crippen LogP contribution >= 0.6 is 11.8 Å². The number of phenolic OH excluding ortho intramolecular Hbond substituents is 1. The van der Waals surface area contributed by atoms with E-state index >= 15 is 0 Å². The summed E-state index contributed by atoms with van der Waals surface area (Å²) in [7, 11) is 0. The molecule has 0 saturated carbocycles. The van der Waals surface area contributed by atoms with Gasteiger partial charge in [-0.1, -0.05) is 0 Å². The fourth-order valence-corrected chi connectivity index (χ4v) is 3.21. The second-order valence-corrected chi connectivity index (χ2v) is 6.74. The van der Waals surface area contributed by atoms with E-state index in [1.807, 2.05) is 0 Å². The molecule has 0 atom stereocenters. The maximum absolute atomic E-state index is 12.2. The average molecular weight is 400 g/mol. The van der Waals surface area contributed by atoms with Crippen LogP contribution in [-0.2, 0) is 4.79 Å². The fourth-order valence-electron chi connectivity index (χ4n) is 2.38. The molecule has 1 aliphatic rings. The second-order valence-electron chi connectivity index (χ2n) is 5.71. The number of nitro groups is 2. The Kier molecular flexibility index (Phi) is 5.09. The number of aryl methyl sites for hydroxylation is 1. The van der Waals surface area contributed by atoms with Crippen molar-refractivity contribution in [2.24, 2.45) is 4.99 Å². The number of amidine groups is 1. The molecule has 0 spiro atoms. The third-order valence-corrected chi connectivity index (χ3v) is 4.68. The molecule has 142 valence electrons. The molecule has 1 saturated heterocycles. The third-order valence-electron chi connectivity index (χ3n) is 3.77. The lowest BCUT2D eigenvalue weighted by Gasteiger charge is -2.01. The first kappa shape index (κ1) is 19.0. The SMILES string of the molecule is Cc1cc([N+](=O)[O-])ccc1N=C1NC(=O)/C(=C/c2cc([N+](=O)[O-])ccc2O)S1. The van der Waals surface area contributed by atoms with E-state index in [4.69, 9.17) is 0 Å². The number of aromatic hydroxyl groups is 1. The first-order valence-corrected chi connectivity index (χ1v) is 8.58. The largest absolute Gasteiger partial charge is 0.507 e. The highest BCUT2D eigenvalue weighted by Gasteiger charge is 2.25. The third kappa shape index (κ3) is 3.99. The van der Waals surface area contributed by atoms with E-state index in [0.717, 1.165) is 23.9 Å². The monoisotopic (exact) mass is 400 g/mol. The van der Waals surface area contributed by atoms with Crippen LogP contribution in [0.2, 0.25) is 0 Å². The van der Waals surface area contributed by atoms with Gasteiger partial charge in [0.05, 0.1) is 20.4 Å². The Bertz CT molecular complexity index is 1080. The van der Waals surface area contributed by atoms with Crippen LogP contribution in [0.1, 0.15) is 11.1 Å². The zero-order chi connectivity index (χ0) is 20.4. The summed E-state index contributed by atoms with van der Waals surface area (Å²) in [4.78, 5) is 37.2. The summed E-state index contributed by atoms with van der Waals surface area (Å²) in [6, 6.07) is 7.65. The lowest BCUT2D eigenvalue weighted by molar-refractivity contribution is -0.385. The Hall–Kier alpha value is -3.73. The van der Waals surface area contributed by atoms with Crippen molar-refractivity contribution in [1.29, 1.82) is 0 Å². The molecule has 1 amide bonds. The van der Waals surface area contributed by atoms with Crippen LogP contribution in [-0.4, -0.2) is 26.0 Å². The zero-order valence-corrected chi connectivity index (χ0v) is 15.1. The van der Waals surface area contributed by atoms with Crippen molar-refractivity contribution >= 4 is 46.0 Å². The van der Waals surface area contributed by atoms with Gasteiger partial charge >= 0.3 is 0 Å². The molecule has 28 heavy (non-hydrogen) atoms. The van der Waals surface area contributed by atoms with Crippen molar-refractivity contribution in [2.75, 3.05) is 0 Å². The molecule has 2 aromatic rings. The van der Waals surface area contributed by atoms with Gasteiger partial charge in [-0.25, -0.2) is 4.99 Å². The van der Waals surface area contributed by atoms with Crippen molar-refractivity contribution in [3.8, 4) is 5.75 Å². The maximum atomic E-state index is 12.2. The number of amides is 1. The molecule has 1 aliphatic heterocycles. The predicted molar refractivity (Wildman–Crippen MR) is 103 cm³/mol. The molecule has 11 heteroatoms. The van der Waals surface area contributed by atoms with Gasteiger partial charge < -0.3 is 10.4 Å². The molecule has 2 aromatic carbocycles. The van der Waals surface area contributed by atoms with Crippen LogP contribution in [0, 0.1) is 27.2 Å². The highest BCUT2D eigenvalue weighted by Crippen LogP contribution is 2.32. The van der Waals surface area contributed by atoms with E-state index in [9.17, 15) is 30.1 Å². The van der Waals surface area contributed by atoms with Gasteiger partial charge in [-0.2, -0.15) is 0 Å². The van der Waals surface area contributed by atoms with Crippen LogP contribution < -0.4 is 5.32 Å². The Morgan fingerprint density at radius 1 is 1.11 bits per heavy atom. The summed E-state index contributed by atoms with van der Waals surface area (Å²) < 4.78 is 0. The van der Waals surface area contributed by atoms with E-state index in [2.05, 4.69) is 10.3 Å². The molecule has 0 unspecified atom stereocenters. The van der Waals surface area contributed by atoms with Crippen LogP contribution in [0.5, 0.6) is 5.75 Å². The molecule has 2 N–H and O–H groups in total. The highest BCUT2D eigenvalue weighted by molar-refractivity contribution is 8.18. The van der Waals surface area contributed by atoms with Crippen molar-refractivity contribution in [1.82, 2.24) is 5.32 Å². The van der Waals surface area contributed by atoms with Crippen LogP contribution in [0.25, 0.3) is 6.08 Å². The molecular weight excluding hydrogens is 388 g/mol. The average Bonchev–Trinajstić information content (AvgIpc) is 2.97. The molecular formula is C17H12N4O6S. The predicted octanol–water partition coefficient (Wildman–Crippen LogP) is 3.41. The standard InChI is InChI=1S/C17H12N4O6S/c1-9-6-11(20(24)25)2-4-13(9)18-17-19-16(23)15(28-17)8-10-7-12(21(26)27)3-5-14(10)22/h2-8,22H,1H3,(H,18,19,23)/b15-8-. The van der Waals surface area contributed by atoms with Crippen molar-refractivity contribution in [2.45, 2.75) is 6.92 Å². The van der Waals surface area contributed by atoms with Crippen molar-refractivity contribution in [3.63, 3.8) is 0 Å². The number of hydrogen-bond donors (Lipinski definition) is 2. The van der Waals surface area contributed by atoms with Gasteiger partial charge in [0.15, 0.2) is 5.17 Å². The fraction of sp³-hybridized carbons (Fsp3) is 0.0588. The molecule has 0 radical (unpaired) electrons. The summed E-state index contributed by atoms with van der Waals surface area (Å²) in [6.07, 6.45) is 1.33. The number of benzene rings is 2. The molecule has 1 heterocycles. The minimum Gasteiger partial charge on any atom is -0.507 e. The second kappa shape index (κ2) is 7.48. The molecule has 0 bridgehead atoms. The first-order chi connectivity index (χ1) is 13.2. The summed E-state index contributed by atoms with van der Waals surface area (Å²) >= 11 is 0.986. The minimum absolute atomic E-state index is 0.0636. The van der Waals surface area contributed by atoms with Gasteiger partial charge in [-0.05, 0) is 42.5 Å². The van der Waals surface area contributed by atoms with Crippen LogP contribution in [0.3, 0.4) is 0 Å². The Labute approximate surface area is 161 Å². The van der Waals surface area contributed by atoms with Crippen molar-refractivity contribution < 1.29 is 19.7 Å². The molecule has 0 aliphatic carbocycles. The molecule has 3 rings (SSSR count). The number of carbonyl (C=O) groups excluding carboxylic acids is 1. The number of nitrogens with zero attached hydrogens (tertiary/aromatic N) is 3. The van der Waals surface area contributed by atoms with Crippen molar-refractivity contribution in [3.05, 3.63) is 72.7 Å². The summed E-state index contributed by atoms with van der Waals surface area (Å²) in [5.74, 6) is -0.683. The van der Waals surface area contributed by atoms with E-state index < -0.39 is 15.8 Å². The minimum atomic E-state index is -0.604. The van der Waals surface area contributed by atoms with Gasteiger partial charge in [-0.3, -0.25) is 25.0 Å². The number of non-ortho nitro benzene ring substituents is 2. The van der Waals surface area contributed by atoms with Gasteiger partial charge in [0.25, 0.3) is 17.3 Å². The summed E-state index contributed by atoms with van der Waals surface area (Å²) in [5.41, 5.74) is 0.854. The zero-order valence-electron chi connectivity index (χ0n) is 14.3. The first-order valence-electron chi connectivity index (χ1n) is 7.76. The molecule has 1 fully saturated rings. The van der Waals surface area contributed by atoms with Gasteiger partial charge in [-0.15, -0.1) is 0 Å². The van der Waals surface area contributed by atoms with E-state index in [-0.39, 0.29) is 32.8 Å².